The first-order chi connectivity index (χ1) is 14.7. The second-order valence-corrected chi connectivity index (χ2v) is 7.13. The van der Waals surface area contributed by atoms with E-state index in [1.54, 1.807) is 19.5 Å². The molecule has 3 heterocycles. The van der Waals surface area contributed by atoms with Gasteiger partial charge in [-0.15, -0.1) is 0 Å². The summed E-state index contributed by atoms with van der Waals surface area (Å²) < 4.78 is 5.29. The Morgan fingerprint density at radius 1 is 1.30 bits per heavy atom. The summed E-state index contributed by atoms with van der Waals surface area (Å²) in [5.74, 6) is 0.869. The quantitative estimate of drug-likeness (QED) is 0.497. The average molecular weight is 407 g/mol. The number of urea groups is 1. The lowest BCUT2D eigenvalue weighted by Crippen LogP contribution is -2.47. The second kappa shape index (κ2) is 9.36. The summed E-state index contributed by atoms with van der Waals surface area (Å²) in [4.78, 5) is 25.2. The van der Waals surface area contributed by atoms with E-state index in [-0.39, 0.29) is 18.0 Å². The highest BCUT2D eigenvalue weighted by Gasteiger charge is 2.16. The Kier molecular flexibility index (Phi) is 6.19. The summed E-state index contributed by atoms with van der Waals surface area (Å²) in [6.07, 6.45) is 5.42. The third kappa shape index (κ3) is 4.93. The van der Waals surface area contributed by atoms with E-state index in [0.717, 1.165) is 48.1 Å². The zero-order valence-corrected chi connectivity index (χ0v) is 16.8. The predicted molar refractivity (Wildman–Crippen MR) is 116 cm³/mol. The largest absolute Gasteiger partial charge is 0.481 e. The van der Waals surface area contributed by atoms with Crippen molar-refractivity contribution in [1.82, 2.24) is 25.6 Å². The van der Waals surface area contributed by atoms with Crippen molar-refractivity contribution in [2.45, 2.75) is 25.4 Å². The first-order valence-corrected chi connectivity index (χ1v) is 9.98. The van der Waals surface area contributed by atoms with Crippen molar-refractivity contribution in [3.63, 3.8) is 0 Å². The molecule has 30 heavy (non-hydrogen) atoms. The molecule has 0 aliphatic carbocycles. The lowest BCUT2D eigenvalue weighted by atomic mass is 10.1. The number of hydrogen-bond acceptors (Lipinski definition) is 7. The third-order valence-corrected chi connectivity index (χ3v) is 4.97. The van der Waals surface area contributed by atoms with Gasteiger partial charge in [-0.2, -0.15) is 0 Å². The molecule has 0 radical (unpaired) electrons. The molecule has 4 rings (SSSR count). The van der Waals surface area contributed by atoms with Gasteiger partial charge in [-0.3, -0.25) is 5.32 Å². The van der Waals surface area contributed by atoms with Crippen LogP contribution in [0.15, 0.2) is 42.7 Å². The van der Waals surface area contributed by atoms with Gasteiger partial charge in [0.15, 0.2) is 0 Å². The number of rotatable bonds is 6. The van der Waals surface area contributed by atoms with E-state index in [1.165, 1.54) is 0 Å². The number of carbonyl (C=O) groups excluding carboxylic acids is 1. The number of nitrogens with one attached hydrogen (secondary N) is 4. The molecule has 0 bridgehead atoms. The molecule has 3 aromatic rings. The maximum atomic E-state index is 12.2. The number of amides is 2. The van der Waals surface area contributed by atoms with Crippen LogP contribution in [0.3, 0.4) is 0 Å². The molecule has 0 saturated carbocycles. The summed E-state index contributed by atoms with van der Waals surface area (Å²) in [7, 11) is 1.61. The van der Waals surface area contributed by atoms with Gasteiger partial charge >= 0.3 is 6.03 Å². The molecule has 1 atom stereocenters. The van der Waals surface area contributed by atoms with Crippen LogP contribution < -0.4 is 26.0 Å². The third-order valence-electron chi connectivity index (χ3n) is 4.97. The van der Waals surface area contributed by atoms with E-state index in [4.69, 9.17) is 4.74 Å². The summed E-state index contributed by atoms with van der Waals surface area (Å²) in [6.45, 7) is 2.34. The van der Waals surface area contributed by atoms with Crippen molar-refractivity contribution >= 4 is 28.6 Å². The van der Waals surface area contributed by atoms with Crippen LogP contribution in [0.1, 0.15) is 18.4 Å². The van der Waals surface area contributed by atoms with E-state index < -0.39 is 0 Å². The van der Waals surface area contributed by atoms with Crippen LogP contribution in [0.2, 0.25) is 0 Å². The maximum absolute atomic E-state index is 12.2. The fourth-order valence-corrected chi connectivity index (χ4v) is 3.43. The molecule has 2 amide bonds. The molecule has 1 fully saturated rings. The normalized spacial score (nSPS) is 16.1. The Hall–Kier alpha value is -3.46. The lowest BCUT2D eigenvalue weighted by molar-refractivity contribution is 0.245. The number of nitrogens with zero attached hydrogens (tertiary/aromatic N) is 3. The molecule has 156 valence electrons. The molecular weight excluding hydrogens is 382 g/mol. The molecule has 1 unspecified atom stereocenters. The van der Waals surface area contributed by atoms with Gasteiger partial charge < -0.3 is 20.7 Å². The molecule has 2 aromatic heterocycles. The number of anilines is 2. The van der Waals surface area contributed by atoms with Crippen molar-refractivity contribution in [2.75, 3.05) is 30.8 Å². The Labute approximate surface area is 174 Å². The van der Waals surface area contributed by atoms with Gasteiger partial charge in [0.2, 0.25) is 11.8 Å². The zero-order chi connectivity index (χ0) is 20.8. The summed E-state index contributed by atoms with van der Waals surface area (Å²) in [5, 5.41) is 13.2. The average Bonchev–Trinajstić information content (AvgIpc) is 2.78. The standard InChI is InChI=1S/C21H25N7O2/c1-30-19-15(4-2-9-23-19)12-24-16-7-6-14-11-25-20(27-18(14)10-16)28-21(29)26-17-5-3-8-22-13-17/h2,4,6-7,9-11,17,22,24H,3,5,8,12-13H2,1H3,(H2,25,26,27,28,29). The van der Waals surface area contributed by atoms with Crippen molar-refractivity contribution in [2.24, 2.45) is 0 Å². The van der Waals surface area contributed by atoms with Crippen molar-refractivity contribution in [3.8, 4) is 5.88 Å². The van der Waals surface area contributed by atoms with Gasteiger partial charge in [-0.05, 0) is 43.7 Å². The van der Waals surface area contributed by atoms with E-state index in [2.05, 4.69) is 36.2 Å². The van der Waals surface area contributed by atoms with E-state index in [9.17, 15) is 4.79 Å². The monoisotopic (exact) mass is 407 g/mol. The van der Waals surface area contributed by atoms with Crippen LogP contribution >= 0.6 is 0 Å². The minimum absolute atomic E-state index is 0.125. The Balaban J connectivity index is 1.42. The van der Waals surface area contributed by atoms with E-state index in [0.29, 0.717) is 12.4 Å². The van der Waals surface area contributed by atoms with Gasteiger partial charge in [0.25, 0.3) is 0 Å². The molecule has 9 nitrogen and oxygen atoms in total. The number of pyridine rings is 1. The molecule has 1 saturated heterocycles. The highest BCUT2D eigenvalue weighted by Crippen LogP contribution is 2.20. The minimum Gasteiger partial charge on any atom is -0.481 e. The number of benzene rings is 1. The van der Waals surface area contributed by atoms with Crippen LogP contribution in [0.5, 0.6) is 5.88 Å². The van der Waals surface area contributed by atoms with Crippen LogP contribution in [-0.2, 0) is 6.54 Å². The zero-order valence-electron chi connectivity index (χ0n) is 16.8. The number of ether oxygens (including phenoxy) is 1. The van der Waals surface area contributed by atoms with E-state index in [1.807, 2.05) is 30.3 Å². The molecule has 0 spiro atoms. The van der Waals surface area contributed by atoms with Gasteiger partial charge in [0, 0.05) is 48.2 Å². The Morgan fingerprint density at radius 2 is 2.23 bits per heavy atom. The number of methoxy groups -OCH3 is 1. The van der Waals surface area contributed by atoms with Crippen LogP contribution in [0.4, 0.5) is 16.4 Å². The van der Waals surface area contributed by atoms with Crippen LogP contribution in [-0.4, -0.2) is 47.2 Å². The molecule has 1 aliphatic rings. The van der Waals surface area contributed by atoms with Crippen molar-refractivity contribution in [3.05, 3.63) is 48.3 Å². The summed E-state index contributed by atoms with van der Waals surface area (Å²) in [5.41, 5.74) is 2.59. The number of hydrogen-bond donors (Lipinski definition) is 4. The van der Waals surface area contributed by atoms with Crippen molar-refractivity contribution < 1.29 is 9.53 Å². The highest BCUT2D eigenvalue weighted by atomic mass is 16.5. The van der Waals surface area contributed by atoms with Gasteiger partial charge in [0.1, 0.15) is 0 Å². The Morgan fingerprint density at radius 3 is 3.07 bits per heavy atom. The van der Waals surface area contributed by atoms with Gasteiger partial charge in [-0.25, -0.2) is 19.7 Å². The molecule has 4 N–H and O–H groups in total. The van der Waals surface area contributed by atoms with Gasteiger partial charge in [-0.1, -0.05) is 6.07 Å². The molecule has 1 aliphatic heterocycles. The van der Waals surface area contributed by atoms with Gasteiger partial charge in [0.05, 0.1) is 12.6 Å². The number of carbonyl (C=O) groups is 1. The molecular formula is C21H25N7O2. The van der Waals surface area contributed by atoms with Crippen LogP contribution in [0, 0.1) is 0 Å². The fraction of sp³-hybridized carbons (Fsp3) is 0.333. The summed E-state index contributed by atoms with van der Waals surface area (Å²) in [6, 6.07) is 9.50. The van der Waals surface area contributed by atoms with E-state index >= 15 is 0 Å². The predicted octanol–water partition coefficient (Wildman–Crippen LogP) is 2.52. The molecule has 9 heteroatoms. The lowest BCUT2D eigenvalue weighted by Gasteiger charge is -2.23. The number of fused-ring (bicyclic) bond motifs is 1. The fourth-order valence-electron chi connectivity index (χ4n) is 3.43. The number of piperidine rings is 1. The highest BCUT2D eigenvalue weighted by molar-refractivity contribution is 5.89. The first kappa shape index (κ1) is 19.8. The van der Waals surface area contributed by atoms with Crippen LogP contribution in [0.25, 0.3) is 10.9 Å². The smallest absolute Gasteiger partial charge is 0.321 e. The first-order valence-electron chi connectivity index (χ1n) is 9.98. The Bertz CT molecular complexity index is 1020. The SMILES string of the molecule is COc1ncccc1CNc1ccc2cnc(NC(=O)NC3CCCNC3)nc2c1. The second-order valence-electron chi connectivity index (χ2n) is 7.13. The topological polar surface area (TPSA) is 113 Å². The minimum atomic E-state index is -0.291. The molecule has 1 aromatic carbocycles. The maximum Gasteiger partial charge on any atom is 0.321 e. The summed E-state index contributed by atoms with van der Waals surface area (Å²) >= 11 is 0. The number of aromatic nitrogens is 3. The van der Waals surface area contributed by atoms with Crippen molar-refractivity contribution in [1.29, 1.82) is 0 Å².